The van der Waals surface area contributed by atoms with E-state index in [1.807, 2.05) is 0 Å². The molecule has 2 aromatic carbocycles. The van der Waals surface area contributed by atoms with Crippen molar-refractivity contribution < 1.29 is 17.6 Å². The summed E-state index contributed by atoms with van der Waals surface area (Å²) >= 11 is 0. The summed E-state index contributed by atoms with van der Waals surface area (Å²) in [6.07, 6.45) is -3.00. The summed E-state index contributed by atoms with van der Waals surface area (Å²) in [7, 11) is 0. The lowest BCUT2D eigenvalue weighted by molar-refractivity contribution is -0.137. The first-order chi connectivity index (χ1) is 12.0. The highest BCUT2D eigenvalue weighted by molar-refractivity contribution is 5.77. The van der Waals surface area contributed by atoms with E-state index >= 15 is 0 Å². The van der Waals surface area contributed by atoms with Crippen LogP contribution in [0.2, 0.25) is 0 Å². The summed E-state index contributed by atoms with van der Waals surface area (Å²) < 4.78 is 53.6. The Balaban J connectivity index is 1.97. The van der Waals surface area contributed by atoms with Gasteiger partial charge in [-0.25, -0.2) is 9.37 Å². The number of nitrogens with zero attached hydrogens (tertiary/aromatic N) is 1. The lowest BCUT2D eigenvalue weighted by Crippen LogP contribution is -2.09. The van der Waals surface area contributed by atoms with Crippen molar-refractivity contribution in [2.24, 2.45) is 0 Å². The Bertz CT molecular complexity index is 875. The molecule has 0 radical (unpaired) electrons. The van der Waals surface area contributed by atoms with E-state index in [9.17, 15) is 17.6 Å². The van der Waals surface area contributed by atoms with Gasteiger partial charge in [0.25, 0.3) is 0 Å². The van der Waals surface area contributed by atoms with Crippen molar-refractivity contribution >= 4 is 5.82 Å². The number of aromatic nitrogens is 1. The first-order valence-electron chi connectivity index (χ1n) is 7.55. The van der Waals surface area contributed by atoms with Gasteiger partial charge in [-0.15, -0.1) is 0 Å². The third-order valence-corrected chi connectivity index (χ3v) is 3.73. The van der Waals surface area contributed by atoms with Crippen molar-refractivity contribution in [1.29, 1.82) is 0 Å². The zero-order valence-electron chi connectivity index (χ0n) is 13.0. The third kappa shape index (κ3) is 3.79. The standard InChI is InChI=1S/C19H14F4N2/c20-17-10-4-1-6-13(17)12-25-18-15(8-5-11-24-18)14-7-2-3-9-16(14)19(21,22)23/h1-11H,12H2,(H,24,25). The number of pyridine rings is 1. The van der Waals surface area contributed by atoms with Gasteiger partial charge in [-0.2, -0.15) is 13.2 Å². The van der Waals surface area contributed by atoms with Crippen LogP contribution in [0.4, 0.5) is 23.4 Å². The molecule has 0 bridgehead atoms. The highest BCUT2D eigenvalue weighted by atomic mass is 19.4. The fourth-order valence-electron chi connectivity index (χ4n) is 2.55. The SMILES string of the molecule is Fc1ccccc1CNc1ncccc1-c1ccccc1C(F)(F)F. The van der Waals surface area contributed by atoms with Crippen molar-refractivity contribution in [3.8, 4) is 11.1 Å². The maximum Gasteiger partial charge on any atom is 0.417 e. The zero-order chi connectivity index (χ0) is 17.9. The van der Waals surface area contributed by atoms with Crippen LogP contribution in [0.15, 0.2) is 66.9 Å². The molecule has 3 rings (SSSR count). The second-order valence-corrected chi connectivity index (χ2v) is 5.39. The summed E-state index contributed by atoms with van der Waals surface area (Å²) in [4.78, 5) is 4.12. The number of halogens is 4. The van der Waals surface area contributed by atoms with Gasteiger partial charge in [0.1, 0.15) is 11.6 Å². The fourth-order valence-corrected chi connectivity index (χ4v) is 2.55. The van der Waals surface area contributed by atoms with Crippen molar-refractivity contribution in [2.75, 3.05) is 5.32 Å². The van der Waals surface area contributed by atoms with Gasteiger partial charge in [0.15, 0.2) is 0 Å². The average Bonchev–Trinajstić information content (AvgIpc) is 2.61. The molecular formula is C19H14F4N2. The Morgan fingerprint density at radius 3 is 2.28 bits per heavy atom. The molecule has 1 N–H and O–H groups in total. The van der Waals surface area contributed by atoms with Crippen LogP contribution in [0.1, 0.15) is 11.1 Å². The molecule has 0 aliphatic carbocycles. The maximum absolute atomic E-state index is 13.7. The first-order valence-corrected chi connectivity index (χ1v) is 7.55. The molecule has 128 valence electrons. The number of hydrogen-bond acceptors (Lipinski definition) is 2. The van der Waals surface area contributed by atoms with Gasteiger partial charge < -0.3 is 5.32 Å². The van der Waals surface area contributed by atoms with Gasteiger partial charge >= 0.3 is 6.18 Å². The molecule has 0 spiro atoms. The zero-order valence-corrected chi connectivity index (χ0v) is 13.0. The van der Waals surface area contributed by atoms with Crippen molar-refractivity contribution in [3.05, 3.63) is 83.8 Å². The van der Waals surface area contributed by atoms with E-state index in [0.29, 0.717) is 11.1 Å². The van der Waals surface area contributed by atoms with Gasteiger partial charge in [-0.3, -0.25) is 0 Å². The predicted octanol–water partition coefficient (Wildman–Crippen LogP) is 5.52. The topological polar surface area (TPSA) is 24.9 Å². The molecule has 3 aromatic rings. The number of hydrogen-bond donors (Lipinski definition) is 1. The van der Waals surface area contributed by atoms with Crippen LogP contribution >= 0.6 is 0 Å². The maximum atomic E-state index is 13.7. The lowest BCUT2D eigenvalue weighted by Gasteiger charge is -2.16. The number of alkyl halides is 3. The van der Waals surface area contributed by atoms with Crippen molar-refractivity contribution in [1.82, 2.24) is 4.98 Å². The van der Waals surface area contributed by atoms with Crippen molar-refractivity contribution in [3.63, 3.8) is 0 Å². The first kappa shape index (κ1) is 17.0. The van der Waals surface area contributed by atoms with Crippen LogP contribution in [0, 0.1) is 5.82 Å². The summed E-state index contributed by atoms with van der Waals surface area (Å²) in [5.74, 6) is -0.120. The fraction of sp³-hybridized carbons (Fsp3) is 0.105. The average molecular weight is 346 g/mol. The Hall–Kier alpha value is -2.89. The molecule has 1 aromatic heterocycles. The van der Waals surface area contributed by atoms with E-state index in [2.05, 4.69) is 10.3 Å². The molecular weight excluding hydrogens is 332 g/mol. The van der Waals surface area contributed by atoms with E-state index < -0.39 is 11.7 Å². The Labute approximate surface area is 142 Å². The second kappa shape index (κ2) is 6.93. The largest absolute Gasteiger partial charge is 0.417 e. The number of benzene rings is 2. The normalized spacial score (nSPS) is 11.4. The molecule has 25 heavy (non-hydrogen) atoms. The molecule has 0 unspecified atom stereocenters. The molecule has 0 saturated carbocycles. The Kier molecular flexibility index (Phi) is 4.70. The monoisotopic (exact) mass is 346 g/mol. The van der Waals surface area contributed by atoms with Crippen LogP contribution in [0.3, 0.4) is 0 Å². The third-order valence-electron chi connectivity index (χ3n) is 3.73. The minimum absolute atomic E-state index is 0.0270. The number of nitrogens with one attached hydrogen (secondary N) is 1. The van der Waals surface area contributed by atoms with E-state index in [0.717, 1.165) is 6.07 Å². The Morgan fingerprint density at radius 1 is 0.840 bits per heavy atom. The molecule has 0 saturated heterocycles. The summed E-state index contributed by atoms with van der Waals surface area (Å²) in [5.41, 5.74) is 0.00560. The lowest BCUT2D eigenvalue weighted by atomic mass is 9.99. The number of anilines is 1. The van der Waals surface area contributed by atoms with Crippen LogP contribution < -0.4 is 5.32 Å². The van der Waals surface area contributed by atoms with E-state index in [-0.39, 0.29) is 23.7 Å². The molecule has 1 heterocycles. The van der Waals surface area contributed by atoms with Gasteiger partial charge in [-0.1, -0.05) is 36.4 Å². The van der Waals surface area contributed by atoms with Crippen LogP contribution in [0.5, 0.6) is 0 Å². The smallest absolute Gasteiger partial charge is 0.365 e. The number of rotatable bonds is 4. The van der Waals surface area contributed by atoms with E-state index in [1.165, 1.54) is 30.5 Å². The molecule has 2 nitrogen and oxygen atoms in total. The van der Waals surface area contributed by atoms with Crippen LogP contribution in [0.25, 0.3) is 11.1 Å². The Morgan fingerprint density at radius 2 is 1.52 bits per heavy atom. The second-order valence-electron chi connectivity index (χ2n) is 5.39. The molecule has 0 aliphatic rings. The van der Waals surface area contributed by atoms with Crippen LogP contribution in [-0.4, -0.2) is 4.98 Å². The van der Waals surface area contributed by atoms with Gasteiger partial charge in [0, 0.05) is 23.9 Å². The van der Waals surface area contributed by atoms with Gasteiger partial charge in [0.2, 0.25) is 0 Å². The quantitative estimate of drug-likeness (QED) is 0.629. The minimum atomic E-state index is -4.48. The van der Waals surface area contributed by atoms with Crippen LogP contribution in [-0.2, 0) is 12.7 Å². The molecule has 0 amide bonds. The summed E-state index contributed by atoms with van der Waals surface area (Å²) in [6, 6.07) is 14.6. The van der Waals surface area contributed by atoms with E-state index in [1.54, 1.807) is 30.3 Å². The minimum Gasteiger partial charge on any atom is -0.365 e. The predicted molar refractivity (Wildman–Crippen MR) is 88.4 cm³/mol. The van der Waals surface area contributed by atoms with Crippen molar-refractivity contribution in [2.45, 2.75) is 12.7 Å². The molecule has 6 heteroatoms. The summed E-state index contributed by atoms with van der Waals surface area (Å²) in [5, 5.41) is 2.93. The highest BCUT2D eigenvalue weighted by Gasteiger charge is 2.33. The van der Waals surface area contributed by atoms with Gasteiger partial charge in [0.05, 0.1) is 5.56 Å². The van der Waals surface area contributed by atoms with E-state index in [4.69, 9.17) is 0 Å². The van der Waals surface area contributed by atoms with Gasteiger partial charge in [-0.05, 0) is 29.8 Å². The molecule has 0 fully saturated rings. The summed E-state index contributed by atoms with van der Waals surface area (Å²) in [6.45, 7) is 0.116. The molecule has 0 atom stereocenters. The molecule has 0 aliphatic heterocycles. The highest BCUT2D eigenvalue weighted by Crippen LogP contribution is 2.38.